The maximum Gasteiger partial charge on any atom is 0.242 e. The third kappa shape index (κ3) is 3.69. The van der Waals surface area contributed by atoms with Gasteiger partial charge in [0.05, 0.1) is 5.69 Å². The van der Waals surface area contributed by atoms with Crippen LogP contribution in [0, 0.1) is 0 Å². The summed E-state index contributed by atoms with van der Waals surface area (Å²) >= 11 is 0. The molecule has 0 amide bonds. The Kier molecular flexibility index (Phi) is 4.72. The van der Waals surface area contributed by atoms with Crippen LogP contribution in [0.1, 0.15) is 20.3 Å². The number of hydrogen-bond donors (Lipinski definition) is 3. The van der Waals surface area contributed by atoms with E-state index in [0.29, 0.717) is 12.1 Å². The normalized spacial score (nSPS) is 12.4. The van der Waals surface area contributed by atoms with E-state index in [0.717, 1.165) is 0 Å². The van der Waals surface area contributed by atoms with E-state index < -0.39 is 10.0 Å². The maximum absolute atomic E-state index is 11.9. The zero-order valence-electron chi connectivity index (χ0n) is 10.9. The Morgan fingerprint density at radius 1 is 1.28 bits per heavy atom. The van der Waals surface area contributed by atoms with E-state index in [4.69, 9.17) is 5.11 Å². The lowest BCUT2D eigenvalue weighted by Crippen LogP contribution is -2.33. The first kappa shape index (κ1) is 14.9. The average Bonchev–Trinajstić information content (AvgIpc) is 2.28. The minimum atomic E-state index is -3.49. The van der Waals surface area contributed by atoms with E-state index in [1.165, 1.54) is 7.05 Å². The summed E-state index contributed by atoms with van der Waals surface area (Å²) in [4.78, 5) is 0.207. The van der Waals surface area contributed by atoms with Crippen LogP contribution in [-0.2, 0) is 10.0 Å². The van der Waals surface area contributed by atoms with Crippen LogP contribution in [0.15, 0.2) is 29.2 Å². The van der Waals surface area contributed by atoms with Crippen molar-refractivity contribution in [2.75, 3.05) is 19.0 Å². The number of aliphatic hydroxyl groups excluding tert-OH is 1. The number of hydrogen-bond acceptors (Lipinski definition) is 4. The van der Waals surface area contributed by atoms with E-state index in [2.05, 4.69) is 10.0 Å². The second-order valence-corrected chi connectivity index (χ2v) is 6.54. The van der Waals surface area contributed by atoms with Gasteiger partial charge < -0.3 is 10.4 Å². The lowest BCUT2D eigenvalue weighted by atomic mass is 10.0. The molecule has 3 N–H and O–H groups in total. The largest absolute Gasteiger partial charge is 0.396 e. The van der Waals surface area contributed by atoms with Crippen molar-refractivity contribution in [1.82, 2.24) is 4.72 Å². The van der Waals surface area contributed by atoms with Crippen LogP contribution < -0.4 is 10.0 Å². The van der Waals surface area contributed by atoms with Crippen molar-refractivity contribution in [1.29, 1.82) is 0 Å². The minimum Gasteiger partial charge on any atom is -0.396 e. The zero-order valence-corrected chi connectivity index (χ0v) is 11.7. The summed E-state index contributed by atoms with van der Waals surface area (Å²) in [6.45, 7) is 3.86. The number of aliphatic hydroxyl groups is 1. The molecule has 0 unspecified atom stereocenters. The molecule has 1 rings (SSSR count). The molecule has 0 fully saturated rings. The number of sulfonamides is 1. The van der Waals surface area contributed by atoms with Gasteiger partial charge in [-0.25, -0.2) is 13.1 Å². The fourth-order valence-electron chi connectivity index (χ4n) is 1.62. The van der Waals surface area contributed by atoms with Crippen molar-refractivity contribution < 1.29 is 13.5 Å². The van der Waals surface area contributed by atoms with Gasteiger partial charge in [0.25, 0.3) is 0 Å². The first-order valence-electron chi connectivity index (χ1n) is 5.74. The molecule has 1 aromatic carbocycles. The fraction of sp³-hybridized carbons (Fsp3) is 0.500. The lowest BCUT2D eigenvalue weighted by Gasteiger charge is -2.27. The van der Waals surface area contributed by atoms with Gasteiger partial charge in [-0.15, -0.1) is 0 Å². The Balaban J connectivity index is 3.11. The Hall–Kier alpha value is -1.11. The highest BCUT2D eigenvalue weighted by Crippen LogP contribution is 2.25. The molecule has 0 aromatic heterocycles. The molecule has 0 aliphatic carbocycles. The molecule has 0 heterocycles. The van der Waals surface area contributed by atoms with E-state index in [1.807, 2.05) is 13.8 Å². The van der Waals surface area contributed by atoms with Gasteiger partial charge in [-0.1, -0.05) is 12.1 Å². The quantitative estimate of drug-likeness (QED) is 0.726. The summed E-state index contributed by atoms with van der Waals surface area (Å²) in [6, 6.07) is 6.70. The van der Waals surface area contributed by atoms with Crippen molar-refractivity contribution in [3.63, 3.8) is 0 Å². The van der Waals surface area contributed by atoms with Crippen molar-refractivity contribution in [3.05, 3.63) is 24.3 Å². The molecular weight excluding hydrogens is 252 g/mol. The zero-order chi connectivity index (χ0) is 13.8. The summed E-state index contributed by atoms with van der Waals surface area (Å²) in [5.74, 6) is 0. The Bertz CT molecular complexity index is 498. The number of anilines is 1. The van der Waals surface area contributed by atoms with E-state index in [9.17, 15) is 8.42 Å². The fourth-order valence-corrected chi connectivity index (χ4v) is 2.51. The van der Waals surface area contributed by atoms with Crippen molar-refractivity contribution in [2.24, 2.45) is 0 Å². The topological polar surface area (TPSA) is 78.4 Å². The van der Waals surface area contributed by atoms with Gasteiger partial charge in [-0.3, -0.25) is 0 Å². The number of benzene rings is 1. The second kappa shape index (κ2) is 5.69. The Labute approximate surface area is 108 Å². The first-order chi connectivity index (χ1) is 8.32. The molecule has 0 spiro atoms. The van der Waals surface area contributed by atoms with Crippen LogP contribution in [0.3, 0.4) is 0 Å². The highest BCUT2D eigenvalue weighted by molar-refractivity contribution is 7.89. The maximum atomic E-state index is 11.9. The minimum absolute atomic E-state index is 0.0426. The van der Waals surface area contributed by atoms with E-state index in [-0.39, 0.29) is 17.0 Å². The summed E-state index contributed by atoms with van der Waals surface area (Å²) in [5, 5.41) is 12.1. The molecule has 18 heavy (non-hydrogen) atoms. The Morgan fingerprint density at radius 2 is 1.89 bits per heavy atom. The van der Waals surface area contributed by atoms with E-state index >= 15 is 0 Å². The van der Waals surface area contributed by atoms with Gasteiger partial charge in [0.15, 0.2) is 0 Å². The number of para-hydroxylation sites is 1. The molecule has 1 aromatic rings. The van der Waals surface area contributed by atoms with Gasteiger partial charge in [0.2, 0.25) is 10.0 Å². The molecular formula is C12H20N2O3S. The molecule has 0 radical (unpaired) electrons. The standard InChI is InChI=1S/C12H20N2O3S/c1-12(2,8-9-15)14-10-6-4-5-7-11(10)18(16,17)13-3/h4-7,13-15H,8-9H2,1-3H3. The van der Waals surface area contributed by atoms with Crippen LogP contribution in [0.25, 0.3) is 0 Å². The SMILES string of the molecule is CNS(=O)(=O)c1ccccc1NC(C)(C)CCO. The molecule has 0 saturated carbocycles. The van der Waals surface area contributed by atoms with Crippen LogP contribution in [0.2, 0.25) is 0 Å². The lowest BCUT2D eigenvalue weighted by molar-refractivity contribution is 0.260. The molecule has 0 atom stereocenters. The summed E-state index contributed by atoms with van der Waals surface area (Å²) < 4.78 is 26.0. The highest BCUT2D eigenvalue weighted by atomic mass is 32.2. The van der Waals surface area contributed by atoms with Gasteiger partial charge in [0, 0.05) is 12.1 Å². The third-order valence-electron chi connectivity index (χ3n) is 2.66. The molecule has 102 valence electrons. The second-order valence-electron chi connectivity index (χ2n) is 4.69. The van der Waals surface area contributed by atoms with Gasteiger partial charge in [-0.2, -0.15) is 0 Å². The van der Waals surface area contributed by atoms with Crippen LogP contribution in [0.5, 0.6) is 0 Å². The van der Waals surface area contributed by atoms with Crippen LogP contribution in [0.4, 0.5) is 5.69 Å². The van der Waals surface area contributed by atoms with E-state index in [1.54, 1.807) is 24.3 Å². The summed E-state index contributed by atoms with van der Waals surface area (Å²) in [5.41, 5.74) is 0.152. The molecule has 0 bridgehead atoms. The van der Waals surface area contributed by atoms with Crippen molar-refractivity contribution in [2.45, 2.75) is 30.7 Å². The van der Waals surface area contributed by atoms with Crippen molar-refractivity contribution >= 4 is 15.7 Å². The predicted octanol–water partition coefficient (Wildman–Crippen LogP) is 1.17. The number of rotatable bonds is 6. The van der Waals surface area contributed by atoms with Crippen LogP contribution >= 0.6 is 0 Å². The van der Waals surface area contributed by atoms with Crippen molar-refractivity contribution in [3.8, 4) is 0 Å². The Morgan fingerprint density at radius 3 is 2.44 bits per heavy atom. The molecule has 0 saturated heterocycles. The summed E-state index contributed by atoms with van der Waals surface area (Å²) in [6.07, 6.45) is 0.529. The monoisotopic (exact) mass is 272 g/mol. The molecule has 0 aliphatic heterocycles. The predicted molar refractivity (Wildman–Crippen MR) is 72.1 cm³/mol. The molecule has 0 aliphatic rings. The van der Waals surface area contributed by atoms with Gasteiger partial charge >= 0.3 is 0 Å². The summed E-state index contributed by atoms with van der Waals surface area (Å²) in [7, 11) is -2.11. The number of nitrogens with one attached hydrogen (secondary N) is 2. The van der Waals surface area contributed by atoms with Gasteiger partial charge in [0.1, 0.15) is 4.90 Å². The molecule has 6 heteroatoms. The first-order valence-corrected chi connectivity index (χ1v) is 7.22. The van der Waals surface area contributed by atoms with Gasteiger partial charge in [-0.05, 0) is 39.4 Å². The smallest absolute Gasteiger partial charge is 0.242 e. The molecule has 5 nitrogen and oxygen atoms in total. The third-order valence-corrected chi connectivity index (χ3v) is 4.13. The highest BCUT2D eigenvalue weighted by Gasteiger charge is 2.22. The van der Waals surface area contributed by atoms with Crippen LogP contribution in [-0.4, -0.2) is 32.7 Å². The average molecular weight is 272 g/mol.